The Balaban J connectivity index is 2.01. The van der Waals surface area contributed by atoms with Gasteiger partial charge in [0.1, 0.15) is 5.01 Å². The van der Waals surface area contributed by atoms with E-state index in [1.807, 2.05) is 0 Å². The molecule has 1 amide bonds. The molecule has 0 saturated heterocycles. The number of carbonyl (C=O) groups excluding carboxylic acids is 1. The Morgan fingerprint density at radius 2 is 2.26 bits per heavy atom. The molecule has 0 saturated carbocycles. The van der Waals surface area contributed by atoms with E-state index in [-0.39, 0.29) is 18.1 Å². The maximum atomic E-state index is 11.8. The third-order valence-corrected chi connectivity index (χ3v) is 3.34. The average Bonchev–Trinajstić information content (AvgIpc) is 2.78. The average molecular weight is 277 g/mol. The van der Waals surface area contributed by atoms with Gasteiger partial charge in [-0.15, -0.1) is 11.3 Å². The smallest absolute Gasteiger partial charge is 0.355 e. The van der Waals surface area contributed by atoms with Crippen molar-refractivity contribution in [2.75, 3.05) is 0 Å². The zero-order valence-electron chi connectivity index (χ0n) is 10.1. The minimum Gasteiger partial charge on any atom is -0.476 e. The van der Waals surface area contributed by atoms with E-state index in [9.17, 15) is 9.59 Å². The molecule has 0 spiro atoms. The van der Waals surface area contributed by atoms with Crippen molar-refractivity contribution >= 4 is 23.2 Å². The van der Waals surface area contributed by atoms with Crippen LogP contribution in [0.4, 0.5) is 0 Å². The predicted molar refractivity (Wildman–Crippen MR) is 69.2 cm³/mol. The van der Waals surface area contributed by atoms with Gasteiger partial charge in [0.15, 0.2) is 5.69 Å². The molecule has 2 heterocycles. The fourth-order valence-corrected chi connectivity index (χ4v) is 2.34. The second-order valence-corrected chi connectivity index (χ2v) is 5.03. The van der Waals surface area contributed by atoms with Gasteiger partial charge in [-0.3, -0.25) is 9.78 Å². The summed E-state index contributed by atoms with van der Waals surface area (Å²) < 4.78 is 0. The van der Waals surface area contributed by atoms with Crippen LogP contribution in [-0.4, -0.2) is 27.0 Å². The minimum absolute atomic E-state index is 0.0376. The number of hydrogen-bond acceptors (Lipinski definition) is 5. The number of amides is 1. The van der Waals surface area contributed by atoms with Crippen molar-refractivity contribution in [2.24, 2.45) is 0 Å². The molecule has 0 aromatic carbocycles. The highest BCUT2D eigenvalue weighted by molar-refractivity contribution is 7.11. The molecule has 2 N–H and O–H groups in total. The van der Waals surface area contributed by atoms with Crippen molar-refractivity contribution < 1.29 is 14.7 Å². The lowest BCUT2D eigenvalue weighted by atomic mass is 10.3. The summed E-state index contributed by atoms with van der Waals surface area (Å²) in [4.78, 5) is 31.0. The summed E-state index contributed by atoms with van der Waals surface area (Å²) >= 11 is 1.26. The molecule has 0 unspecified atom stereocenters. The van der Waals surface area contributed by atoms with Crippen LogP contribution in [0, 0.1) is 6.92 Å². The molecule has 2 rings (SSSR count). The van der Waals surface area contributed by atoms with Crippen molar-refractivity contribution in [1.29, 1.82) is 0 Å². The first-order valence-electron chi connectivity index (χ1n) is 5.45. The molecule has 98 valence electrons. The molecule has 2 aromatic rings. The van der Waals surface area contributed by atoms with Gasteiger partial charge < -0.3 is 10.4 Å². The van der Waals surface area contributed by atoms with Gasteiger partial charge in [0, 0.05) is 17.3 Å². The Morgan fingerprint density at radius 1 is 1.47 bits per heavy atom. The normalized spacial score (nSPS) is 10.2. The van der Waals surface area contributed by atoms with E-state index < -0.39 is 5.97 Å². The molecule has 0 radical (unpaired) electrons. The lowest BCUT2D eigenvalue weighted by molar-refractivity contribution is 0.0690. The standard InChI is InChI=1S/C12H11N3O3S/c1-7-10(12(17)18)15-9(19-7)6-14-11(16)8-3-2-4-13-5-8/h2-5H,6H2,1H3,(H,14,16)(H,17,18). The summed E-state index contributed by atoms with van der Waals surface area (Å²) in [6, 6.07) is 3.32. The number of hydrogen-bond donors (Lipinski definition) is 2. The third-order valence-electron chi connectivity index (χ3n) is 2.37. The molecule has 6 nitrogen and oxygen atoms in total. The Hall–Kier alpha value is -2.28. The molecular weight excluding hydrogens is 266 g/mol. The van der Waals surface area contributed by atoms with E-state index in [4.69, 9.17) is 5.11 Å². The largest absolute Gasteiger partial charge is 0.476 e. The van der Waals surface area contributed by atoms with E-state index >= 15 is 0 Å². The molecule has 19 heavy (non-hydrogen) atoms. The van der Waals surface area contributed by atoms with E-state index in [0.717, 1.165) is 0 Å². The second-order valence-electron chi connectivity index (χ2n) is 3.74. The Kier molecular flexibility index (Phi) is 3.86. The van der Waals surface area contributed by atoms with Crippen LogP contribution < -0.4 is 5.32 Å². The first-order valence-corrected chi connectivity index (χ1v) is 6.27. The van der Waals surface area contributed by atoms with Crippen molar-refractivity contribution in [3.8, 4) is 0 Å². The van der Waals surface area contributed by atoms with Gasteiger partial charge in [0.25, 0.3) is 5.91 Å². The predicted octanol–water partition coefficient (Wildman–Crippen LogP) is 1.47. The van der Waals surface area contributed by atoms with E-state index in [1.165, 1.54) is 17.5 Å². The Labute approximate surface area is 113 Å². The number of carbonyl (C=O) groups is 2. The van der Waals surface area contributed by atoms with Crippen molar-refractivity contribution in [2.45, 2.75) is 13.5 Å². The lowest BCUT2D eigenvalue weighted by Gasteiger charge is -2.01. The maximum absolute atomic E-state index is 11.8. The minimum atomic E-state index is -1.06. The van der Waals surface area contributed by atoms with Crippen LogP contribution in [-0.2, 0) is 6.54 Å². The number of aryl methyl sites for hydroxylation is 1. The molecule has 0 fully saturated rings. The first kappa shape index (κ1) is 13.2. The van der Waals surface area contributed by atoms with E-state index in [1.54, 1.807) is 25.3 Å². The highest BCUT2D eigenvalue weighted by Gasteiger charge is 2.14. The van der Waals surface area contributed by atoms with Crippen LogP contribution in [0.25, 0.3) is 0 Å². The number of pyridine rings is 1. The van der Waals surface area contributed by atoms with Crippen LogP contribution in [0.15, 0.2) is 24.5 Å². The van der Waals surface area contributed by atoms with Crippen molar-refractivity contribution in [3.63, 3.8) is 0 Å². The van der Waals surface area contributed by atoms with Gasteiger partial charge in [-0.05, 0) is 19.1 Å². The number of carboxylic acid groups (broad SMARTS) is 1. The summed E-state index contributed by atoms with van der Waals surface area (Å²) in [6.07, 6.45) is 3.05. The molecule has 0 bridgehead atoms. The van der Waals surface area contributed by atoms with Gasteiger partial charge in [-0.25, -0.2) is 9.78 Å². The summed E-state index contributed by atoms with van der Waals surface area (Å²) in [5, 5.41) is 12.1. The van der Waals surface area contributed by atoms with Crippen LogP contribution in [0.2, 0.25) is 0 Å². The SMILES string of the molecule is Cc1sc(CNC(=O)c2cccnc2)nc1C(=O)O. The lowest BCUT2D eigenvalue weighted by Crippen LogP contribution is -2.22. The molecule has 0 aliphatic rings. The molecule has 7 heteroatoms. The van der Waals surface area contributed by atoms with Gasteiger partial charge >= 0.3 is 5.97 Å². The number of rotatable bonds is 4. The van der Waals surface area contributed by atoms with E-state index in [0.29, 0.717) is 15.4 Å². The molecular formula is C12H11N3O3S. The van der Waals surface area contributed by atoms with E-state index in [2.05, 4.69) is 15.3 Å². The summed E-state index contributed by atoms with van der Waals surface area (Å²) in [5.74, 6) is -1.32. The number of thiazole rings is 1. The topological polar surface area (TPSA) is 92.2 Å². The zero-order chi connectivity index (χ0) is 13.8. The van der Waals surface area contributed by atoms with Gasteiger partial charge in [0.05, 0.1) is 12.1 Å². The third kappa shape index (κ3) is 3.14. The van der Waals surface area contributed by atoms with Gasteiger partial charge in [-0.2, -0.15) is 0 Å². The van der Waals surface area contributed by atoms with Crippen LogP contribution in [0.3, 0.4) is 0 Å². The second kappa shape index (κ2) is 5.57. The molecule has 0 atom stereocenters. The fraction of sp³-hybridized carbons (Fsp3) is 0.167. The van der Waals surface area contributed by atoms with Crippen molar-refractivity contribution in [1.82, 2.24) is 15.3 Å². The number of nitrogens with one attached hydrogen (secondary N) is 1. The molecule has 2 aromatic heterocycles. The summed E-state index contributed by atoms with van der Waals surface area (Å²) in [7, 11) is 0. The van der Waals surface area contributed by atoms with Gasteiger partial charge in [-0.1, -0.05) is 0 Å². The fourth-order valence-electron chi connectivity index (χ4n) is 1.48. The number of carboxylic acids is 1. The number of aromatic nitrogens is 2. The first-order chi connectivity index (χ1) is 9.08. The molecule has 0 aliphatic heterocycles. The number of aromatic carboxylic acids is 1. The zero-order valence-corrected chi connectivity index (χ0v) is 10.9. The Bertz CT molecular complexity index is 610. The maximum Gasteiger partial charge on any atom is 0.355 e. The summed E-state index contributed by atoms with van der Waals surface area (Å²) in [6.45, 7) is 1.89. The quantitative estimate of drug-likeness (QED) is 0.883. The summed E-state index contributed by atoms with van der Waals surface area (Å²) in [5.41, 5.74) is 0.491. The van der Waals surface area contributed by atoms with Crippen LogP contribution in [0.5, 0.6) is 0 Å². The van der Waals surface area contributed by atoms with Crippen LogP contribution in [0.1, 0.15) is 30.7 Å². The molecule has 0 aliphatic carbocycles. The Morgan fingerprint density at radius 3 is 2.84 bits per heavy atom. The highest BCUT2D eigenvalue weighted by Crippen LogP contribution is 2.17. The number of nitrogens with zero attached hydrogens (tertiary/aromatic N) is 2. The van der Waals surface area contributed by atoms with Crippen molar-refractivity contribution in [3.05, 3.63) is 45.7 Å². The highest BCUT2D eigenvalue weighted by atomic mass is 32.1. The van der Waals surface area contributed by atoms with Crippen LogP contribution >= 0.6 is 11.3 Å². The monoisotopic (exact) mass is 277 g/mol. The van der Waals surface area contributed by atoms with Gasteiger partial charge in [0.2, 0.25) is 0 Å².